The maximum atomic E-state index is 10.8. The normalized spacial score (nSPS) is 11.6. The molecule has 0 saturated heterocycles. The number of amidine groups is 1. The van der Waals surface area contributed by atoms with Crippen molar-refractivity contribution in [3.05, 3.63) is 33.9 Å². The van der Waals surface area contributed by atoms with Crippen molar-refractivity contribution < 1.29 is 4.92 Å². The first-order valence-corrected chi connectivity index (χ1v) is 7.76. The van der Waals surface area contributed by atoms with Crippen LogP contribution in [0.5, 0.6) is 0 Å². The molecular weight excluding hydrogens is 314 g/mol. The summed E-state index contributed by atoms with van der Waals surface area (Å²) >= 11 is 0. The Bertz CT molecular complexity index is 547. The lowest BCUT2D eigenvalue weighted by Crippen LogP contribution is -2.35. The Hall–Kier alpha value is -1.62. The van der Waals surface area contributed by atoms with Gasteiger partial charge in [0.2, 0.25) is 0 Å². The second-order valence-electron chi connectivity index (χ2n) is 6.58. The van der Waals surface area contributed by atoms with Crippen molar-refractivity contribution in [2.45, 2.75) is 41.5 Å². The molecule has 1 aromatic carbocycles. The van der Waals surface area contributed by atoms with E-state index >= 15 is 0 Å². The fraction of sp³-hybridized carbons (Fsp3) is 0.588. The van der Waals surface area contributed by atoms with Crippen LogP contribution in [0.1, 0.15) is 40.2 Å². The van der Waals surface area contributed by atoms with Crippen molar-refractivity contribution >= 4 is 29.6 Å². The third-order valence-electron chi connectivity index (χ3n) is 3.30. The lowest BCUT2D eigenvalue weighted by Gasteiger charge is -2.28. The molecule has 0 aliphatic carbocycles. The van der Waals surface area contributed by atoms with Gasteiger partial charge in [-0.2, -0.15) is 0 Å². The molecular formula is C17H28ClN3O2. The van der Waals surface area contributed by atoms with Crippen LogP contribution in [-0.4, -0.2) is 28.7 Å². The van der Waals surface area contributed by atoms with Gasteiger partial charge in [0.1, 0.15) is 5.84 Å². The van der Waals surface area contributed by atoms with Gasteiger partial charge in [-0.25, -0.2) is 4.99 Å². The Kier molecular flexibility index (Phi) is 8.83. The molecule has 6 heteroatoms. The van der Waals surface area contributed by atoms with Crippen LogP contribution in [0, 0.1) is 28.9 Å². The largest absolute Gasteiger partial charge is 0.360 e. The Morgan fingerprint density at radius 2 is 1.74 bits per heavy atom. The van der Waals surface area contributed by atoms with Crippen molar-refractivity contribution in [3.8, 4) is 0 Å². The molecule has 0 fully saturated rings. The van der Waals surface area contributed by atoms with Crippen molar-refractivity contribution in [2.75, 3.05) is 13.1 Å². The highest BCUT2D eigenvalue weighted by Gasteiger charge is 2.13. The zero-order valence-electron chi connectivity index (χ0n) is 14.9. The molecule has 1 aromatic rings. The van der Waals surface area contributed by atoms with Crippen LogP contribution in [-0.2, 0) is 0 Å². The quantitative estimate of drug-likeness (QED) is 0.317. The van der Waals surface area contributed by atoms with Gasteiger partial charge < -0.3 is 4.90 Å². The maximum absolute atomic E-state index is 10.8. The third kappa shape index (κ3) is 6.99. The predicted molar refractivity (Wildman–Crippen MR) is 99.1 cm³/mol. The number of halogens is 1. The van der Waals surface area contributed by atoms with E-state index in [4.69, 9.17) is 0 Å². The third-order valence-corrected chi connectivity index (χ3v) is 3.30. The SMILES string of the molecule is CC(=Nc1ccc([N+](=O)[O-])cc1C)N(CC(C)C)CC(C)C.Cl. The summed E-state index contributed by atoms with van der Waals surface area (Å²) in [6.45, 7) is 14.5. The van der Waals surface area contributed by atoms with E-state index < -0.39 is 0 Å². The predicted octanol–water partition coefficient (Wildman–Crippen LogP) is 4.99. The number of aryl methyl sites for hydroxylation is 1. The number of aliphatic imine (C=N–C) groups is 1. The first-order valence-electron chi connectivity index (χ1n) is 7.76. The lowest BCUT2D eigenvalue weighted by molar-refractivity contribution is -0.384. The van der Waals surface area contributed by atoms with Gasteiger partial charge in [0.25, 0.3) is 5.69 Å². The van der Waals surface area contributed by atoms with Crippen LogP contribution in [0.3, 0.4) is 0 Å². The molecule has 0 unspecified atom stereocenters. The topological polar surface area (TPSA) is 58.7 Å². The van der Waals surface area contributed by atoms with E-state index in [2.05, 4.69) is 37.6 Å². The van der Waals surface area contributed by atoms with Gasteiger partial charge >= 0.3 is 0 Å². The lowest BCUT2D eigenvalue weighted by atomic mass is 10.1. The first-order chi connectivity index (χ1) is 10.2. The number of hydrogen-bond donors (Lipinski definition) is 0. The zero-order valence-corrected chi connectivity index (χ0v) is 15.7. The molecule has 0 N–H and O–H groups in total. The zero-order chi connectivity index (χ0) is 16.9. The van der Waals surface area contributed by atoms with Crippen molar-refractivity contribution in [1.82, 2.24) is 4.90 Å². The molecule has 0 radical (unpaired) electrons. The summed E-state index contributed by atoms with van der Waals surface area (Å²) in [5.74, 6) is 2.07. The molecule has 0 aliphatic rings. The van der Waals surface area contributed by atoms with Crippen LogP contribution < -0.4 is 0 Å². The Morgan fingerprint density at radius 3 is 2.13 bits per heavy atom. The second kappa shape index (κ2) is 9.50. The van der Waals surface area contributed by atoms with Gasteiger partial charge in [-0.05, 0) is 37.3 Å². The average Bonchev–Trinajstić information content (AvgIpc) is 2.38. The highest BCUT2D eigenvalue weighted by Crippen LogP contribution is 2.24. The van der Waals surface area contributed by atoms with Gasteiger partial charge in [0.05, 0.1) is 10.6 Å². The Morgan fingerprint density at radius 1 is 1.22 bits per heavy atom. The minimum absolute atomic E-state index is 0. The standard InChI is InChI=1S/C17H27N3O2.ClH/c1-12(2)10-19(11-13(3)4)15(6)18-17-8-7-16(20(21)22)9-14(17)5;/h7-9,12-13H,10-11H2,1-6H3;1H. The second-order valence-corrected chi connectivity index (χ2v) is 6.58. The van der Waals surface area contributed by atoms with E-state index in [9.17, 15) is 10.1 Å². The van der Waals surface area contributed by atoms with E-state index in [1.54, 1.807) is 12.1 Å². The van der Waals surface area contributed by atoms with Gasteiger partial charge in [0.15, 0.2) is 0 Å². The number of non-ortho nitro benzene ring substituents is 1. The van der Waals surface area contributed by atoms with E-state index in [-0.39, 0.29) is 23.0 Å². The number of benzene rings is 1. The molecule has 0 saturated carbocycles. The van der Waals surface area contributed by atoms with Crippen LogP contribution in [0.25, 0.3) is 0 Å². The van der Waals surface area contributed by atoms with Gasteiger partial charge in [-0.15, -0.1) is 12.4 Å². The van der Waals surface area contributed by atoms with Gasteiger partial charge in [-0.3, -0.25) is 10.1 Å². The number of nitrogens with zero attached hydrogens (tertiary/aromatic N) is 3. The van der Waals surface area contributed by atoms with E-state index in [1.165, 1.54) is 6.07 Å². The summed E-state index contributed by atoms with van der Waals surface area (Å²) < 4.78 is 0. The van der Waals surface area contributed by atoms with Crippen LogP contribution in [0.4, 0.5) is 11.4 Å². The Labute approximate surface area is 145 Å². The maximum Gasteiger partial charge on any atom is 0.269 e. The minimum Gasteiger partial charge on any atom is -0.360 e. The molecule has 0 atom stereocenters. The summed E-state index contributed by atoms with van der Waals surface area (Å²) in [6.07, 6.45) is 0. The summed E-state index contributed by atoms with van der Waals surface area (Å²) in [4.78, 5) is 17.4. The van der Waals surface area contributed by atoms with Gasteiger partial charge in [0, 0.05) is 25.2 Å². The molecule has 0 amide bonds. The Balaban J connectivity index is 0.00000484. The molecule has 23 heavy (non-hydrogen) atoms. The fourth-order valence-corrected chi connectivity index (χ4v) is 2.34. The molecule has 0 bridgehead atoms. The molecule has 1 rings (SSSR count). The summed E-state index contributed by atoms with van der Waals surface area (Å²) in [7, 11) is 0. The average molecular weight is 342 g/mol. The molecule has 0 aromatic heterocycles. The summed E-state index contributed by atoms with van der Waals surface area (Å²) in [6, 6.07) is 4.80. The van der Waals surface area contributed by atoms with E-state index in [0.717, 1.165) is 30.2 Å². The van der Waals surface area contributed by atoms with Gasteiger partial charge in [-0.1, -0.05) is 27.7 Å². The smallest absolute Gasteiger partial charge is 0.269 e. The fourth-order valence-electron chi connectivity index (χ4n) is 2.34. The summed E-state index contributed by atoms with van der Waals surface area (Å²) in [5.41, 5.74) is 1.72. The van der Waals surface area contributed by atoms with Crippen molar-refractivity contribution in [2.24, 2.45) is 16.8 Å². The first kappa shape index (κ1) is 21.4. The minimum atomic E-state index is -0.378. The van der Waals surface area contributed by atoms with E-state index in [1.807, 2.05) is 13.8 Å². The molecule has 0 heterocycles. The van der Waals surface area contributed by atoms with Crippen LogP contribution >= 0.6 is 12.4 Å². The highest BCUT2D eigenvalue weighted by atomic mass is 35.5. The molecule has 0 spiro atoms. The van der Waals surface area contributed by atoms with Crippen LogP contribution in [0.2, 0.25) is 0 Å². The number of nitro benzene ring substituents is 1. The highest BCUT2D eigenvalue weighted by molar-refractivity contribution is 5.85. The van der Waals surface area contributed by atoms with E-state index in [0.29, 0.717) is 11.8 Å². The van der Waals surface area contributed by atoms with Crippen molar-refractivity contribution in [3.63, 3.8) is 0 Å². The number of rotatable bonds is 6. The summed E-state index contributed by atoms with van der Waals surface area (Å²) in [5, 5.41) is 10.8. The number of hydrogen-bond acceptors (Lipinski definition) is 3. The molecule has 130 valence electrons. The molecule has 0 aliphatic heterocycles. The number of nitro groups is 1. The monoisotopic (exact) mass is 341 g/mol. The van der Waals surface area contributed by atoms with Crippen molar-refractivity contribution in [1.29, 1.82) is 0 Å². The molecule has 5 nitrogen and oxygen atoms in total. The van der Waals surface area contributed by atoms with Crippen LogP contribution in [0.15, 0.2) is 23.2 Å².